The van der Waals surface area contributed by atoms with Crippen molar-refractivity contribution in [1.29, 1.82) is 0 Å². The first-order valence-electron chi connectivity index (χ1n) is 3.85. The highest BCUT2D eigenvalue weighted by atomic mass is 16.5. The van der Waals surface area contributed by atoms with Crippen LogP contribution in [0.2, 0.25) is 0 Å². The van der Waals surface area contributed by atoms with E-state index in [9.17, 15) is 0 Å². The second-order valence-corrected chi connectivity index (χ2v) is 3.07. The van der Waals surface area contributed by atoms with Gasteiger partial charge in [0, 0.05) is 6.61 Å². The fourth-order valence-corrected chi connectivity index (χ4v) is 1.07. The van der Waals surface area contributed by atoms with Crippen molar-refractivity contribution >= 4 is 0 Å². The maximum absolute atomic E-state index is 5.47. The molecule has 1 heteroatoms. The molecule has 1 heterocycles. The first-order valence-corrected chi connectivity index (χ1v) is 3.85. The van der Waals surface area contributed by atoms with Gasteiger partial charge in [-0.25, -0.2) is 0 Å². The average Bonchev–Trinajstić information content (AvgIpc) is 1.92. The van der Waals surface area contributed by atoms with Gasteiger partial charge < -0.3 is 4.74 Å². The fourth-order valence-electron chi connectivity index (χ4n) is 1.07. The molecule has 1 saturated heterocycles. The molecule has 0 aromatic heterocycles. The molecule has 10 heavy (non-hydrogen) atoms. The van der Waals surface area contributed by atoms with Crippen LogP contribution < -0.4 is 0 Å². The normalized spacial score (nSPS) is 22.6. The van der Waals surface area contributed by atoms with Crippen LogP contribution in [-0.2, 0) is 4.74 Å². The average molecular weight is 142 g/mol. The van der Waals surface area contributed by atoms with E-state index in [4.69, 9.17) is 4.74 Å². The van der Waals surface area contributed by atoms with Gasteiger partial charge in [0.25, 0.3) is 0 Å². The Morgan fingerprint density at radius 1 is 1.20 bits per heavy atom. The Labute approximate surface area is 64.1 Å². The van der Waals surface area contributed by atoms with Crippen molar-refractivity contribution in [2.75, 3.05) is 6.61 Å². The van der Waals surface area contributed by atoms with Gasteiger partial charge in [0.2, 0.25) is 0 Å². The summed E-state index contributed by atoms with van der Waals surface area (Å²) in [5.74, 6) is 0. The van der Waals surface area contributed by atoms with Crippen LogP contribution in [0.15, 0.2) is 13.2 Å². The second-order valence-electron chi connectivity index (χ2n) is 3.07. The third kappa shape index (κ3) is 3.67. The molecule has 0 unspecified atom stereocenters. The summed E-state index contributed by atoms with van der Waals surface area (Å²) in [5, 5.41) is 0. The predicted molar refractivity (Wildman–Crippen MR) is 45.1 cm³/mol. The van der Waals surface area contributed by atoms with Crippen molar-refractivity contribution in [3.8, 4) is 0 Å². The maximum Gasteiger partial charge on any atom is 0.0626 e. The summed E-state index contributed by atoms with van der Waals surface area (Å²) < 4.78 is 5.47. The zero-order chi connectivity index (χ0) is 8.04. The van der Waals surface area contributed by atoms with Gasteiger partial charge in [-0.05, 0) is 33.1 Å². The summed E-state index contributed by atoms with van der Waals surface area (Å²) in [4.78, 5) is 0. The van der Waals surface area contributed by atoms with E-state index in [0.717, 1.165) is 6.61 Å². The maximum atomic E-state index is 5.47. The molecular formula is C9H18O. The van der Waals surface area contributed by atoms with E-state index in [2.05, 4.69) is 27.0 Å². The molecule has 0 bridgehead atoms. The van der Waals surface area contributed by atoms with E-state index in [0.29, 0.717) is 0 Å². The van der Waals surface area contributed by atoms with E-state index in [-0.39, 0.29) is 5.60 Å². The zero-order valence-electron chi connectivity index (χ0n) is 7.15. The molecule has 1 rings (SSSR count). The van der Waals surface area contributed by atoms with Crippen molar-refractivity contribution in [2.45, 2.75) is 38.7 Å². The summed E-state index contributed by atoms with van der Waals surface area (Å²) in [7, 11) is 0. The van der Waals surface area contributed by atoms with Crippen LogP contribution in [0.5, 0.6) is 0 Å². The fraction of sp³-hybridized carbons (Fsp3) is 0.778. The topological polar surface area (TPSA) is 9.23 Å². The van der Waals surface area contributed by atoms with Gasteiger partial charge >= 0.3 is 0 Å². The van der Waals surface area contributed by atoms with Crippen LogP contribution in [0.25, 0.3) is 0 Å². The predicted octanol–water partition coefficient (Wildman–Crippen LogP) is 2.77. The first-order chi connectivity index (χ1) is 4.71. The third-order valence-corrected chi connectivity index (χ3v) is 1.67. The highest BCUT2D eigenvalue weighted by Gasteiger charge is 2.20. The summed E-state index contributed by atoms with van der Waals surface area (Å²) in [6.45, 7) is 11.3. The Bertz CT molecular complexity index is 78.7. The number of hydrogen-bond donors (Lipinski definition) is 0. The minimum absolute atomic E-state index is 0.179. The lowest BCUT2D eigenvalue weighted by Crippen LogP contribution is -2.28. The van der Waals surface area contributed by atoms with Crippen molar-refractivity contribution in [1.82, 2.24) is 0 Å². The Morgan fingerprint density at radius 3 is 2.00 bits per heavy atom. The van der Waals surface area contributed by atoms with Gasteiger partial charge in [-0.3, -0.25) is 0 Å². The van der Waals surface area contributed by atoms with Gasteiger partial charge in [-0.15, -0.1) is 13.2 Å². The molecule has 0 amide bonds. The summed E-state index contributed by atoms with van der Waals surface area (Å²) in [6, 6.07) is 0. The highest BCUT2D eigenvalue weighted by molar-refractivity contribution is 4.71. The minimum atomic E-state index is 0.179. The van der Waals surface area contributed by atoms with Crippen LogP contribution in [0.3, 0.4) is 0 Å². The van der Waals surface area contributed by atoms with E-state index in [1.165, 1.54) is 19.3 Å². The Hall–Kier alpha value is -0.300. The van der Waals surface area contributed by atoms with Crippen LogP contribution in [0.1, 0.15) is 33.1 Å². The molecule has 1 nitrogen and oxygen atoms in total. The molecule has 0 saturated carbocycles. The molecule has 0 aliphatic carbocycles. The minimum Gasteiger partial charge on any atom is -0.376 e. The first kappa shape index (κ1) is 9.70. The van der Waals surface area contributed by atoms with Crippen LogP contribution in [0.4, 0.5) is 0 Å². The smallest absolute Gasteiger partial charge is 0.0626 e. The second kappa shape index (κ2) is 4.51. The molecule has 60 valence electrons. The lowest BCUT2D eigenvalue weighted by atomic mass is 9.99. The molecule has 0 aromatic rings. The van der Waals surface area contributed by atoms with Crippen molar-refractivity contribution in [3.63, 3.8) is 0 Å². The molecule has 0 atom stereocenters. The standard InChI is InChI=1S/C7H14O.C2H4/c1-7(2)5-3-4-6-8-7;1-2/h3-6H2,1-2H3;1-2H2. The van der Waals surface area contributed by atoms with Crippen LogP contribution >= 0.6 is 0 Å². The Kier molecular flexibility index (Phi) is 4.37. The molecule has 1 aliphatic heterocycles. The Morgan fingerprint density at radius 2 is 1.80 bits per heavy atom. The van der Waals surface area contributed by atoms with E-state index in [1.807, 2.05) is 0 Å². The van der Waals surface area contributed by atoms with Crippen molar-refractivity contribution in [3.05, 3.63) is 13.2 Å². The van der Waals surface area contributed by atoms with Gasteiger partial charge in [0.05, 0.1) is 5.60 Å². The molecule has 0 spiro atoms. The van der Waals surface area contributed by atoms with Gasteiger partial charge in [0.15, 0.2) is 0 Å². The van der Waals surface area contributed by atoms with E-state index < -0.39 is 0 Å². The molecule has 0 radical (unpaired) electrons. The van der Waals surface area contributed by atoms with E-state index in [1.54, 1.807) is 0 Å². The molecule has 1 fully saturated rings. The van der Waals surface area contributed by atoms with Gasteiger partial charge in [-0.1, -0.05) is 0 Å². The molecular weight excluding hydrogens is 124 g/mol. The quantitative estimate of drug-likeness (QED) is 0.472. The SMILES string of the molecule is C=C.CC1(C)CCCCO1. The third-order valence-electron chi connectivity index (χ3n) is 1.67. The van der Waals surface area contributed by atoms with Crippen LogP contribution in [0, 0.1) is 0 Å². The molecule has 0 N–H and O–H groups in total. The summed E-state index contributed by atoms with van der Waals surface area (Å²) in [5.41, 5.74) is 0.179. The molecule has 0 aromatic carbocycles. The number of ether oxygens (including phenoxy) is 1. The lowest BCUT2D eigenvalue weighted by Gasteiger charge is -2.29. The summed E-state index contributed by atoms with van der Waals surface area (Å²) >= 11 is 0. The van der Waals surface area contributed by atoms with E-state index >= 15 is 0 Å². The molecule has 1 aliphatic rings. The van der Waals surface area contributed by atoms with Crippen LogP contribution in [-0.4, -0.2) is 12.2 Å². The lowest BCUT2D eigenvalue weighted by molar-refractivity contribution is -0.0511. The summed E-state index contributed by atoms with van der Waals surface area (Å²) in [6.07, 6.45) is 3.82. The van der Waals surface area contributed by atoms with Crippen molar-refractivity contribution < 1.29 is 4.74 Å². The van der Waals surface area contributed by atoms with Gasteiger partial charge in [-0.2, -0.15) is 0 Å². The highest BCUT2D eigenvalue weighted by Crippen LogP contribution is 2.22. The Balaban J connectivity index is 0.000000371. The number of hydrogen-bond acceptors (Lipinski definition) is 1. The van der Waals surface area contributed by atoms with Gasteiger partial charge in [0.1, 0.15) is 0 Å². The largest absolute Gasteiger partial charge is 0.376 e. The number of rotatable bonds is 0. The van der Waals surface area contributed by atoms with Crippen molar-refractivity contribution in [2.24, 2.45) is 0 Å². The monoisotopic (exact) mass is 142 g/mol. The zero-order valence-corrected chi connectivity index (χ0v) is 7.15.